The molecule has 0 radical (unpaired) electrons. The molecule has 2 heterocycles. The summed E-state index contributed by atoms with van der Waals surface area (Å²) in [7, 11) is 1.22. The molecule has 0 saturated carbocycles. The van der Waals surface area contributed by atoms with Gasteiger partial charge in [-0.1, -0.05) is 40.9 Å². The summed E-state index contributed by atoms with van der Waals surface area (Å²) in [6.07, 6.45) is 1.46. The molecule has 1 aliphatic heterocycles. The summed E-state index contributed by atoms with van der Waals surface area (Å²) in [5.74, 6) is -0.694. The van der Waals surface area contributed by atoms with Gasteiger partial charge >= 0.3 is 12.0 Å². The Hall–Kier alpha value is -2.98. The number of ether oxygens (including phenoxy) is 2. The molecule has 4 rings (SSSR count). The fourth-order valence-corrected chi connectivity index (χ4v) is 4.74. The molecule has 3 amide bonds. The van der Waals surface area contributed by atoms with Gasteiger partial charge in [-0.25, -0.2) is 9.59 Å². The first-order valence-electron chi connectivity index (χ1n) is 10.2. The van der Waals surface area contributed by atoms with Crippen molar-refractivity contribution in [2.75, 3.05) is 7.11 Å². The van der Waals surface area contributed by atoms with Gasteiger partial charge in [-0.05, 0) is 58.4 Å². The Kier molecular flexibility index (Phi) is 7.94. The number of imide groups is 1. The van der Waals surface area contributed by atoms with E-state index < -0.39 is 17.9 Å². The summed E-state index contributed by atoms with van der Waals surface area (Å²) in [4.78, 5) is 38.0. The minimum atomic E-state index is -0.669. The molecular formula is C24H16BrCl3N2O6. The predicted octanol–water partition coefficient (Wildman–Crippen LogP) is 6.46. The first kappa shape index (κ1) is 26.1. The van der Waals surface area contributed by atoms with E-state index in [0.717, 1.165) is 4.90 Å². The summed E-state index contributed by atoms with van der Waals surface area (Å²) >= 11 is 21.9. The molecule has 1 N–H and O–H groups in total. The highest BCUT2D eigenvalue weighted by Crippen LogP contribution is 2.36. The van der Waals surface area contributed by atoms with Gasteiger partial charge in [-0.15, -0.1) is 0 Å². The molecule has 12 heteroatoms. The lowest BCUT2D eigenvalue weighted by Gasteiger charge is -2.13. The first-order chi connectivity index (χ1) is 17.2. The molecule has 0 atom stereocenters. The SMILES string of the molecule is COC(=O)c1ccc(CN2C(=O)N/C(=C\c3cc(Cl)cc(Br)c3OCc3ccc(Cl)cc3Cl)C2=O)o1. The van der Waals surface area contributed by atoms with E-state index in [2.05, 4.69) is 26.0 Å². The molecule has 3 aromatic rings. The monoisotopic (exact) mass is 612 g/mol. The largest absolute Gasteiger partial charge is 0.487 e. The van der Waals surface area contributed by atoms with Crippen LogP contribution in [-0.4, -0.2) is 29.9 Å². The molecule has 0 spiro atoms. The van der Waals surface area contributed by atoms with E-state index in [-0.39, 0.29) is 30.4 Å². The summed E-state index contributed by atoms with van der Waals surface area (Å²) in [6, 6.07) is 10.5. The van der Waals surface area contributed by atoms with Crippen molar-refractivity contribution in [2.45, 2.75) is 13.2 Å². The van der Waals surface area contributed by atoms with Gasteiger partial charge in [0, 0.05) is 26.2 Å². The van der Waals surface area contributed by atoms with Gasteiger partial charge in [-0.3, -0.25) is 9.69 Å². The summed E-state index contributed by atoms with van der Waals surface area (Å²) < 4.78 is 16.5. The number of carbonyl (C=O) groups excluding carboxylic acids is 3. The number of methoxy groups -OCH3 is 1. The topological polar surface area (TPSA) is 98.1 Å². The Morgan fingerprint density at radius 2 is 1.89 bits per heavy atom. The molecular weight excluding hydrogens is 599 g/mol. The lowest BCUT2D eigenvalue weighted by molar-refractivity contribution is -0.123. The fourth-order valence-electron chi connectivity index (χ4n) is 3.33. The second kappa shape index (κ2) is 11.0. The number of esters is 1. The maximum Gasteiger partial charge on any atom is 0.373 e. The van der Waals surface area contributed by atoms with E-state index in [9.17, 15) is 14.4 Å². The summed E-state index contributed by atoms with van der Waals surface area (Å²) in [6.45, 7) is -0.0729. The Labute approximate surface area is 228 Å². The molecule has 0 bridgehead atoms. The smallest absolute Gasteiger partial charge is 0.373 e. The van der Waals surface area contributed by atoms with Crippen molar-refractivity contribution in [1.82, 2.24) is 10.2 Å². The van der Waals surface area contributed by atoms with E-state index in [1.54, 1.807) is 30.3 Å². The number of benzene rings is 2. The highest BCUT2D eigenvalue weighted by molar-refractivity contribution is 9.10. The van der Waals surface area contributed by atoms with E-state index in [1.807, 2.05) is 0 Å². The van der Waals surface area contributed by atoms with Gasteiger partial charge in [0.05, 0.1) is 18.1 Å². The van der Waals surface area contributed by atoms with Gasteiger partial charge < -0.3 is 19.2 Å². The number of halogens is 4. The maximum atomic E-state index is 13.0. The standard InChI is InChI=1S/C24H16BrCl3N2O6/c1-34-23(32)20-5-4-16(36-20)10-30-22(31)19(29-24(30)33)7-13-6-15(27)8-17(25)21(13)35-11-12-2-3-14(26)9-18(12)28/h2-9H,10-11H2,1H3,(H,29,33)/b19-7-. The van der Waals surface area contributed by atoms with Crippen LogP contribution >= 0.6 is 50.7 Å². The van der Waals surface area contributed by atoms with Crippen LogP contribution in [0.2, 0.25) is 15.1 Å². The Balaban J connectivity index is 1.57. The minimum Gasteiger partial charge on any atom is -0.487 e. The van der Waals surface area contributed by atoms with Crippen molar-refractivity contribution in [3.05, 3.63) is 90.3 Å². The number of hydrogen-bond acceptors (Lipinski definition) is 6. The number of nitrogens with one attached hydrogen (secondary N) is 1. The third-order valence-electron chi connectivity index (χ3n) is 5.05. The normalized spacial score (nSPS) is 14.4. The van der Waals surface area contributed by atoms with Gasteiger partial charge in [0.25, 0.3) is 5.91 Å². The van der Waals surface area contributed by atoms with Crippen LogP contribution in [0.15, 0.2) is 57.1 Å². The van der Waals surface area contributed by atoms with E-state index in [1.165, 1.54) is 25.3 Å². The van der Waals surface area contributed by atoms with E-state index in [4.69, 9.17) is 44.0 Å². The quantitative estimate of drug-likeness (QED) is 0.186. The van der Waals surface area contributed by atoms with Gasteiger partial charge in [0.2, 0.25) is 5.76 Å². The Morgan fingerprint density at radius 1 is 1.11 bits per heavy atom. The van der Waals surface area contributed by atoms with E-state index in [0.29, 0.717) is 36.4 Å². The number of urea groups is 1. The van der Waals surface area contributed by atoms with Crippen LogP contribution in [0, 0.1) is 0 Å². The van der Waals surface area contributed by atoms with Gasteiger partial charge in [-0.2, -0.15) is 0 Å². The van der Waals surface area contributed by atoms with Crippen molar-refractivity contribution in [1.29, 1.82) is 0 Å². The highest BCUT2D eigenvalue weighted by Gasteiger charge is 2.34. The number of amides is 3. The van der Waals surface area contributed by atoms with Gasteiger partial charge in [0.15, 0.2) is 0 Å². The Morgan fingerprint density at radius 3 is 2.61 bits per heavy atom. The zero-order valence-corrected chi connectivity index (χ0v) is 22.3. The summed E-state index contributed by atoms with van der Waals surface area (Å²) in [5.41, 5.74) is 1.14. The number of carbonyl (C=O) groups is 3. The van der Waals surface area contributed by atoms with Crippen molar-refractivity contribution >= 4 is 74.7 Å². The maximum absolute atomic E-state index is 13.0. The van der Waals surface area contributed by atoms with Crippen molar-refractivity contribution < 1.29 is 28.3 Å². The number of rotatable bonds is 7. The van der Waals surface area contributed by atoms with Crippen molar-refractivity contribution in [3.63, 3.8) is 0 Å². The lowest BCUT2D eigenvalue weighted by atomic mass is 10.1. The fraction of sp³-hybridized carbons (Fsp3) is 0.125. The zero-order chi connectivity index (χ0) is 26.0. The van der Waals surface area contributed by atoms with Crippen molar-refractivity contribution in [2.24, 2.45) is 0 Å². The Bertz CT molecular complexity index is 1400. The molecule has 0 unspecified atom stereocenters. The number of nitrogens with zero attached hydrogens (tertiary/aromatic N) is 1. The van der Waals surface area contributed by atoms with Crippen LogP contribution in [0.4, 0.5) is 4.79 Å². The third kappa shape index (κ3) is 5.70. The molecule has 186 valence electrons. The van der Waals surface area contributed by atoms with Crippen LogP contribution in [0.5, 0.6) is 5.75 Å². The van der Waals surface area contributed by atoms with Crippen molar-refractivity contribution in [3.8, 4) is 5.75 Å². The number of hydrogen-bond donors (Lipinski definition) is 1. The van der Waals surface area contributed by atoms with Gasteiger partial charge in [0.1, 0.15) is 23.8 Å². The highest BCUT2D eigenvalue weighted by atomic mass is 79.9. The molecule has 8 nitrogen and oxygen atoms in total. The van der Waals surface area contributed by atoms with Crippen LogP contribution < -0.4 is 10.1 Å². The average Bonchev–Trinajstić information content (AvgIpc) is 3.39. The van der Waals surface area contributed by atoms with Crippen LogP contribution in [0.25, 0.3) is 6.08 Å². The number of furan rings is 1. The molecule has 0 aliphatic carbocycles. The predicted molar refractivity (Wildman–Crippen MR) is 137 cm³/mol. The van der Waals surface area contributed by atoms with Crippen LogP contribution in [0.3, 0.4) is 0 Å². The van der Waals surface area contributed by atoms with Crippen LogP contribution in [-0.2, 0) is 22.7 Å². The first-order valence-corrected chi connectivity index (χ1v) is 12.2. The zero-order valence-electron chi connectivity index (χ0n) is 18.4. The van der Waals surface area contributed by atoms with Crippen LogP contribution in [0.1, 0.15) is 27.4 Å². The second-order valence-electron chi connectivity index (χ2n) is 7.47. The third-order valence-corrected chi connectivity index (χ3v) is 6.44. The molecule has 1 fully saturated rings. The minimum absolute atomic E-state index is 0.00305. The van der Waals surface area contributed by atoms with E-state index >= 15 is 0 Å². The molecule has 2 aromatic carbocycles. The molecule has 1 saturated heterocycles. The second-order valence-corrected chi connectivity index (χ2v) is 9.60. The average molecular weight is 615 g/mol. The lowest BCUT2D eigenvalue weighted by Crippen LogP contribution is -2.30. The molecule has 1 aromatic heterocycles. The molecule has 1 aliphatic rings. The summed E-state index contributed by atoms with van der Waals surface area (Å²) in [5, 5.41) is 3.85. The molecule has 36 heavy (non-hydrogen) atoms.